The number of amides is 1. The van der Waals surface area contributed by atoms with Crippen LogP contribution in [0.25, 0.3) is 0 Å². The van der Waals surface area contributed by atoms with Gasteiger partial charge in [-0.2, -0.15) is 0 Å². The number of rotatable bonds is 6. The topological polar surface area (TPSA) is 58.6 Å². The van der Waals surface area contributed by atoms with Crippen LogP contribution in [0.2, 0.25) is 0 Å². The predicted octanol–water partition coefficient (Wildman–Crippen LogP) is 2.53. The van der Waals surface area contributed by atoms with E-state index in [4.69, 9.17) is 4.74 Å². The number of methoxy groups -OCH3 is 1. The van der Waals surface area contributed by atoms with Crippen LogP contribution in [0.1, 0.15) is 28.9 Å². The van der Waals surface area contributed by atoms with E-state index >= 15 is 0 Å². The molecule has 1 amide bonds. The van der Waals surface area contributed by atoms with Gasteiger partial charge in [0.15, 0.2) is 6.10 Å². The fourth-order valence-electron chi connectivity index (χ4n) is 2.38. The van der Waals surface area contributed by atoms with Crippen LogP contribution in [-0.4, -0.2) is 24.7 Å². The van der Waals surface area contributed by atoms with Gasteiger partial charge in [0.2, 0.25) is 0 Å². The van der Waals surface area contributed by atoms with E-state index < -0.39 is 12.2 Å². The first-order chi connectivity index (χ1) is 10.6. The number of ether oxygens (including phenoxy) is 1. The Kier molecular flexibility index (Phi) is 5.69. The third-order valence-corrected chi connectivity index (χ3v) is 3.59. The Bertz CT molecular complexity index is 613. The molecule has 4 nitrogen and oxygen atoms in total. The van der Waals surface area contributed by atoms with E-state index in [0.29, 0.717) is 0 Å². The lowest BCUT2D eigenvalue weighted by molar-refractivity contribution is -0.131. The molecule has 2 N–H and O–H groups in total. The second-order valence-electron chi connectivity index (χ2n) is 5.14. The number of hydrogen-bond donors (Lipinski definition) is 2. The van der Waals surface area contributed by atoms with E-state index in [1.165, 1.54) is 7.11 Å². The summed E-state index contributed by atoms with van der Waals surface area (Å²) in [6.07, 6.45) is -1.41. The summed E-state index contributed by atoms with van der Waals surface area (Å²) < 4.78 is 5.27. The highest BCUT2D eigenvalue weighted by Gasteiger charge is 2.20. The molecule has 116 valence electrons. The Morgan fingerprint density at radius 3 is 2.41 bits per heavy atom. The molecule has 0 saturated heterocycles. The third kappa shape index (κ3) is 3.93. The average Bonchev–Trinajstić information content (AvgIpc) is 2.55. The van der Waals surface area contributed by atoms with E-state index in [1.807, 2.05) is 61.5 Å². The monoisotopic (exact) mass is 299 g/mol. The van der Waals surface area contributed by atoms with Crippen LogP contribution in [-0.2, 0) is 9.53 Å². The Morgan fingerprint density at radius 1 is 1.14 bits per heavy atom. The summed E-state index contributed by atoms with van der Waals surface area (Å²) in [5.41, 5.74) is 2.60. The minimum absolute atomic E-state index is 0.149. The molecule has 0 aromatic heterocycles. The lowest BCUT2D eigenvalue weighted by Crippen LogP contribution is -2.33. The Balaban J connectivity index is 1.98. The molecule has 0 aliphatic carbocycles. The molecule has 0 fully saturated rings. The van der Waals surface area contributed by atoms with E-state index in [0.717, 1.165) is 16.7 Å². The largest absolute Gasteiger partial charge is 0.387 e. The quantitative estimate of drug-likeness (QED) is 0.862. The van der Waals surface area contributed by atoms with Crippen molar-refractivity contribution >= 4 is 5.91 Å². The highest BCUT2D eigenvalue weighted by atomic mass is 16.5. The molecule has 0 aliphatic heterocycles. The van der Waals surface area contributed by atoms with Crippen LogP contribution in [0.5, 0.6) is 0 Å². The first kappa shape index (κ1) is 16.2. The smallest absolute Gasteiger partial charge is 0.253 e. The molecule has 2 aromatic carbocycles. The van der Waals surface area contributed by atoms with Crippen LogP contribution in [0.15, 0.2) is 54.6 Å². The predicted molar refractivity (Wildman–Crippen MR) is 85.3 cm³/mol. The number of aliphatic hydroxyl groups is 1. The third-order valence-electron chi connectivity index (χ3n) is 3.59. The van der Waals surface area contributed by atoms with Crippen LogP contribution < -0.4 is 5.32 Å². The fraction of sp³-hybridized carbons (Fsp3) is 0.278. The van der Waals surface area contributed by atoms with Crippen LogP contribution in [0.3, 0.4) is 0 Å². The van der Waals surface area contributed by atoms with Crippen molar-refractivity contribution in [1.82, 2.24) is 5.32 Å². The molecule has 2 rings (SSSR count). The van der Waals surface area contributed by atoms with Crippen molar-refractivity contribution in [3.63, 3.8) is 0 Å². The fourth-order valence-corrected chi connectivity index (χ4v) is 2.38. The number of nitrogens with one attached hydrogen (secondary N) is 1. The normalized spacial score (nSPS) is 13.4. The van der Waals surface area contributed by atoms with E-state index in [-0.39, 0.29) is 12.5 Å². The minimum atomic E-state index is -0.738. The van der Waals surface area contributed by atoms with Gasteiger partial charge in [-0.3, -0.25) is 4.79 Å². The van der Waals surface area contributed by atoms with Crippen molar-refractivity contribution in [2.24, 2.45) is 0 Å². The number of aliphatic hydroxyl groups excluding tert-OH is 1. The number of hydrogen-bond acceptors (Lipinski definition) is 3. The van der Waals surface area contributed by atoms with Crippen molar-refractivity contribution in [1.29, 1.82) is 0 Å². The van der Waals surface area contributed by atoms with Crippen LogP contribution in [0.4, 0.5) is 0 Å². The minimum Gasteiger partial charge on any atom is -0.387 e. The maximum atomic E-state index is 12.2. The lowest BCUT2D eigenvalue weighted by Gasteiger charge is -2.18. The molecule has 22 heavy (non-hydrogen) atoms. The molecule has 0 spiro atoms. The molecule has 0 heterocycles. The number of carbonyl (C=O) groups excluding carboxylic acids is 1. The zero-order chi connectivity index (χ0) is 15.9. The van der Waals surface area contributed by atoms with Gasteiger partial charge in [-0.25, -0.2) is 0 Å². The SMILES string of the molecule is COC(C(=O)NCC(O)c1ccccc1C)c1ccccc1. The highest BCUT2D eigenvalue weighted by molar-refractivity contribution is 5.82. The van der Waals surface area contributed by atoms with Crippen LogP contribution in [0, 0.1) is 6.92 Å². The lowest BCUT2D eigenvalue weighted by atomic mass is 10.0. The summed E-state index contributed by atoms with van der Waals surface area (Å²) in [5, 5.41) is 13.0. The average molecular weight is 299 g/mol. The summed E-state index contributed by atoms with van der Waals surface area (Å²) in [6.45, 7) is 2.08. The van der Waals surface area contributed by atoms with Gasteiger partial charge in [-0.1, -0.05) is 54.6 Å². The van der Waals surface area contributed by atoms with E-state index in [1.54, 1.807) is 0 Å². The van der Waals surface area contributed by atoms with Gasteiger partial charge in [-0.05, 0) is 23.6 Å². The molecule has 0 radical (unpaired) electrons. The number of benzene rings is 2. The molecule has 2 unspecified atom stereocenters. The molecule has 2 aromatic rings. The second kappa shape index (κ2) is 7.73. The zero-order valence-corrected chi connectivity index (χ0v) is 12.8. The summed E-state index contributed by atoms with van der Waals surface area (Å²) >= 11 is 0. The van der Waals surface area contributed by atoms with E-state index in [9.17, 15) is 9.90 Å². The van der Waals surface area contributed by atoms with Gasteiger partial charge in [0.05, 0.1) is 6.10 Å². The molecule has 0 aliphatic rings. The molecule has 0 saturated carbocycles. The maximum Gasteiger partial charge on any atom is 0.253 e. The van der Waals surface area contributed by atoms with Gasteiger partial charge >= 0.3 is 0 Å². The zero-order valence-electron chi connectivity index (χ0n) is 12.8. The molecular weight excluding hydrogens is 278 g/mol. The van der Waals surface area contributed by atoms with Crippen LogP contribution >= 0.6 is 0 Å². The number of carbonyl (C=O) groups is 1. The summed E-state index contributed by atoms with van der Waals surface area (Å²) in [6, 6.07) is 16.9. The summed E-state index contributed by atoms with van der Waals surface area (Å²) in [5.74, 6) is -0.263. The molecular formula is C18H21NO3. The molecule has 2 atom stereocenters. The van der Waals surface area contributed by atoms with Gasteiger partial charge in [0, 0.05) is 13.7 Å². The maximum absolute atomic E-state index is 12.2. The number of aryl methyl sites for hydroxylation is 1. The van der Waals surface area contributed by atoms with Crippen molar-refractivity contribution in [2.75, 3.05) is 13.7 Å². The van der Waals surface area contributed by atoms with Gasteiger partial charge in [-0.15, -0.1) is 0 Å². The highest BCUT2D eigenvalue weighted by Crippen LogP contribution is 2.18. The Hall–Kier alpha value is -2.17. The van der Waals surface area contributed by atoms with Crippen molar-refractivity contribution in [3.05, 3.63) is 71.3 Å². The first-order valence-corrected chi connectivity index (χ1v) is 7.22. The molecule has 4 heteroatoms. The Morgan fingerprint density at radius 2 is 1.77 bits per heavy atom. The first-order valence-electron chi connectivity index (χ1n) is 7.22. The second-order valence-corrected chi connectivity index (χ2v) is 5.14. The van der Waals surface area contributed by atoms with Gasteiger partial charge < -0.3 is 15.2 Å². The van der Waals surface area contributed by atoms with E-state index in [2.05, 4.69) is 5.32 Å². The standard InChI is InChI=1S/C18H21NO3/c1-13-8-6-7-11-15(13)16(20)12-19-18(21)17(22-2)14-9-4-3-5-10-14/h3-11,16-17,20H,12H2,1-2H3,(H,19,21). The van der Waals surface area contributed by atoms with Gasteiger partial charge in [0.1, 0.15) is 0 Å². The summed E-state index contributed by atoms with van der Waals surface area (Å²) in [4.78, 5) is 12.2. The summed E-state index contributed by atoms with van der Waals surface area (Å²) in [7, 11) is 1.50. The molecule has 0 bridgehead atoms. The van der Waals surface area contributed by atoms with Crippen molar-refractivity contribution in [3.8, 4) is 0 Å². The van der Waals surface area contributed by atoms with Gasteiger partial charge in [0.25, 0.3) is 5.91 Å². The van der Waals surface area contributed by atoms with Crippen molar-refractivity contribution < 1.29 is 14.6 Å². The Labute approximate surface area is 130 Å². The van der Waals surface area contributed by atoms with Crippen molar-refractivity contribution in [2.45, 2.75) is 19.1 Å².